The molecule has 2 unspecified atom stereocenters. The van der Waals surface area contributed by atoms with Crippen molar-refractivity contribution in [3.8, 4) is 5.75 Å². The number of hydrogen-bond donors (Lipinski definition) is 1. The van der Waals surface area contributed by atoms with Gasteiger partial charge in [-0.05, 0) is 44.5 Å². The molecule has 112 valence electrons. The maximum absolute atomic E-state index is 5.75. The molecule has 0 bridgehead atoms. The van der Waals surface area contributed by atoms with Gasteiger partial charge in [0.2, 0.25) is 0 Å². The molecule has 1 fully saturated rings. The molecule has 3 nitrogen and oxygen atoms in total. The van der Waals surface area contributed by atoms with Crippen molar-refractivity contribution in [2.45, 2.75) is 32.2 Å². The number of nitrogens with one attached hydrogen (secondary N) is 1. The largest absolute Gasteiger partial charge is 0.494 e. The van der Waals surface area contributed by atoms with E-state index in [1.807, 2.05) is 30.3 Å². The highest BCUT2D eigenvalue weighted by Gasteiger charge is 2.26. The molecule has 0 radical (unpaired) electrons. The first kappa shape index (κ1) is 15.3. The fourth-order valence-electron chi connectivity index (χ4n) is 3.10. The van der Waals surface area contributed by atoms with Crippen LogP contribution in [0.4, 0.5) is 0 Å². The van der Waals surface area contributed by atoms with Crippen LogP contribution in [0.25, 0.3) is 0 Å². The number of rotatable bonds is 7. The Kier molecular flexibility index (Phi) is 6.34. The van der Waals surface area contributed by atoms with E-state index in [9.17, 15) is 0 Å². The molecule has 1 aromatic rings. The molecule has 1 heterocycles. The van der Waals surface area contributed by atoms with Crippen molar-refractivity contribution in [2.24, 2.45) is 5.92 Å². The SMILES string of the molecule is CCC1CN(CCCOc2ccccc2)CCC1NC. The van der Waals surface area contributed by atoms with Crippen LogP contribution in [0.1, 0.15) is 26.2 Å². The molecular weight excluding hydrogens is 248 g/mol. The smallest absolute Gasteiger partial charge is 0.119 e. The molecular formula is C17H28N2O. The summed E-state index contributed by atoms with van der Waals surface area (Å²) >= 11 is 0. The molecule has 1 N–H and O–H groups in total. The molecule has 0 aliphatic carbocycles. The summed E-state index contributed by atoms with van der Waals surface area (Å²) in [6.45, 7) is 6.71. The Hall–Kier alpha value is -1.06. The van der Waals surface area contributed by atoms with Gasteiger partial charge >= 0.3 is 0 Å². The maximum atomic E-state index is 5.75. The van der Waals surface area contributed by atoms with Crippen LogP contribution in [0, 0.1) is 5.92 Å². The number of hydrogen-bond acceptors (Lipinski definition) is 3. The van der Waals surface area contributed by atoms with Crippen molar-refractivity contribution in [3.05, 3.63) is 30.3 Å². The Morgan fingerprint density at radius 1 is 1.30 bits per heavy atom. The van der Waals surface area contributed by atoms with E-state index in [0.717, 1.165) is 31.2 Å². The van der Waals surface area contributed by atoms with Crippen LogP contribution in [0.5, 0.6) is 5.75 Å². The predicted octanol–water partition coefficient (Wildman–Crippen LogP) is 2.78. The van der Waals surface area contributed by atoms with Gasteiger partial charge in [0, 0.05) is 19.1 Å². The van der Waals surface area contributed by atoms with Gasteiger partial charge in [0.15, 0.2) is 0 Å². The van der Waals surface area contributed by atoms with Gasteiger partial charge in [-0.3, -0.25) is 0 Å². The lowest BCUT2D eigenvalue weighted by Gasteiger charge is -2.38. The molecule has 2 rings (SSSR count). The molecule has 2 atom stereocenters. The molecule has 0 spiro atoms. The molecule has 0 amide bonds. The lowest BCUT2D eigenvalue weighted by molar-refractivity contribution is 0.131. The third-order valence-corrected chi connectivity index (χ3v) is 4.34. The fraction of sp³-hybridized carbons (Fsp3) is 0.647. The Balaban J connectivity index is 1.65. The van der Waals surface area contributed by atoms with E-state index in [1.54, 1.807) is 0 Å². The van der Waals surface area contributed by atoms with Crippen LogP contribution in [0.2, 0.25) is 0 Å². The van der Waals surface area contributed by atoms with Crippen LogP contribution in [0.15, 0.2) is 30.3 Å². The normalized spacial score (nSPS) is 23.7. The van der Waals surface area contributed by atoms with E-state index in [1.165, 1.54) is 25.9 Å². The number of ether oxygens (including phenoxy) is 1. The van der Waals surface area contributed by atoms with Gasteiger partial charge in [0.25, 0.3) is 0 Å². The minimum Gasteiger partial charge on any atom is -0.494 e. The zero-order valence-corrected chi connectivity index (χ0v) is 12.8. The number of nitrogens with zero attached hydrogens (tertiary/aromatic N) is 1. The Morgan fingerprint density at radius 3 is 2.80 bits per heavy atom. The number of para-hydroxylation sites is 1. The van der Waals surface area contributed by atoms with Crippen molar-refractivity contribution in [1.29, 1.82) is 0 Å². The van der Waals surface area contributed by atoms with E-state index >= 15 is 0 Å². The van der Waals surface area contributed by atoms with Gasteiger partial charge in [-0.1, -0.05) is 31.5 Å². The van der Waals surface area contributed by atoms with Gasteiger partial charge in [0.05, 0.1) is 6.61 Å². The highest BCUT2D eigenvalue weighted by Crippen LogP contribution is 2.20. The average molecular weight is 276 g/mol. The molecule has 0 saturated carbocycles. The monoisotopic (exact) mass is 276 g/mol. The predicted molar refractivity (Wildman–Crippen MR) is 84.2 cm³/mol. The van der Waals surface area contributed by atoms with Gasteiger partial charge in [0.1, 0.15) is 5.75 Å². The van der Waals surface area contributed by atoms with Crippen LogP contribution in [-0.4, -0.2) is 44.2 Å². The summed E-state index contributed by atoms with van der Waals surface area (Å²) in [6.07, 6.45) is 3.65. The van der Waals surface area contributed by atoms with Gasteiger partial charge < -0.3 is 15.0 Å². The number of benzene rings is 1. The Labute approximate surface area is 123 Å². The fourth-order valence-corrected chi connectivity index (χ4v) is 3.10. The summed E-state index contributed by atoms with van der Waals surface area (Å²) in [5.41, 5.74) is 0. The minimum atomic E-state index is 0.705. The minimum absolute atomic E-state index is 0.705. The maximum Gasteiger partial charge on any atom is 0.119 e. The zero-order valence-electron chi connectivity index (χ0n) is 12.8. The second-order valence-electron chi connectivity index (χ2n) is 5.67. The van der Waals surface area contributed by atoms with Crippen molar-refractivity contribution < 1.29 is 4.74 Å². The third kappa shape index (κ3) is 4.50. The summed E-state index contributed by atoms with van der Waals surface area (Å²) in [4.78, 5) is 2.59. The lowest BCUT2D eigenvalue weighted by Crippen LogP contribution is -2.48. The highest BCUT2D eigenvalue weighted by atomic mass is 16.5. The summed E-state index contributed by atoms with van der Waals surface area (Å²) in [5, 5.41) is 3.46. The second-order valence-corrected chi connectivity index (χ2v) is 5.67. The average Bonchev–Trinajstić information content (AvgIpc) is 2.52. The molecule has 3 heteroatoms. The second kappa shape index (κ2) is 8.28. The van der Waals surface area contributed by atoms with Gasteiger partial charge in [-0.2, -0.15) is 0 Å². The van der Waals surface area contributed by atoms with Crippen molar-refractivity contribution in [2.75, 3.05) is 33.3 Å². The van der Waals surface area contributed by atoms with E-state index in [4.69, 9.17) is 4.74 Å². The molecule has 1 aliphatic heterocycles. The summed E-state index contributed by atoms with van der Waals surface area (Å²) in [7, 11) is 2.09. The number of likely N-dealkylation sites (tertiary alicyclic amines) is 1. The van der Waals surface area contributed by atoms with E-state index in [-0.39, 0.29) is 0 Å². The summed E-state index contributed by atoms with van der Waals surface area (Å²) in [6, 6.07) is 10.8. The van der Waals surface area contributed by atoms with Crippen LogP contribution in [0.3, 0.4) is 0 Å². The Bertz CT molecular complexity index is 369. The highest BCUT2D eigenvalue weighted by molar-refractivity contribution is 5.20. The summed E-state index contributed by atoms with van der Waals surface area (Å²) < 4.78 is 5.75. The first-order valence-electron chi connectivity index (χ1n) is 7.91. The van der Waals surface area contributed by atoms with Crippen molar-refractivity contribution in [3.63, 3.8) is 0 Å². The van der Waals surface area contributed by atoms with E-state index in [0.29, 0.717) is 6.04 Å². The van der Waals surface area contributed by atoms with Crippen molar-refractivity contribution >= 4 is 0 Å². The van der Waals surface area contributed by atoms with E-state index < -0.39 is 0 Å². The molecule has 20 heavy (non-hydrogen) atoms. The molecule has 1 aromatic carbocycles. The van der Waals surface area contributed by atoms with Crippen LogP contribution in [-0.2, 0) is 0 Å². The van der Waals surface area contributed by atoms with E-state index in [2.05, 4.69) is 24.2 Å². The molecule has 1 aliphatic rings. The topological polar surface area (TPSA) is 24.5 Å². The lowest BCUT2D eigenvalue weighted by atomic mass is 9.90. The first-order valence-corrected chi connectivity index (χ1v) is 7.91. The third-order valence-electron chi connectivity index (χ3n) is 4.34. The molecule has 0 aromatic heterocycles. The quantitative estimate of drug-likeness (QED) is 0.775. The van der Waals surface area contributed by atoms with Gasteiger partial charge in [-0.15, -0.1) is 0 Å². The van der Waals surface area contributed by atoms with Gasteiger partial charge in [-0.25, -0.2) is 0 Å². The zero-order chi connectivity index (χ0) is 14.2. The first-order chi connectivity index (χ1) is 9.83. The van der Waals surface area contributed by atoms with Crippen molar-refractivity contribution in [1.82, 2.24) is 10.2 Å². The summed E-state index contributed by atoms with van der Waals surface area (Å²) in [5.74, 6) is 1.77. The standard InChI is InChI=1S/C17H28N2O/c1-3-15-14-19(12-10-17(15)18-2)11-7-13-20-16-8-5-4-6-9-16/h4-6,8-9,15,17-18H,3,7,10-14H2,1-2H3. The van der Waals surface area contributed by atoms with Crippen LogP contribution < -0.4 is 10.1 Å². The molecule has 1 saturated heterocycles. The van der Waals surface area contributed by atoms with Crippen LogP contribution >= 0.6 is 0 Å². The number of piperidine rings is 1. The Morgan fingerprint density at radius 2 is 2.10 bits per heavy atom.